The van der Waals surface area contributed by atoms with Gasteiger partial charge in [0.15, 0.2) is 0 Å². The van der Waals surface area contributed by atoms with Crippen LogP contribution in [0.15, 0.2) is 17.5 Å². The molecule has 2 unspecified atom stereocenters. The predicted octanol–water partition coefficient (Wildman–Crippen LogP) is 0.774. The fraction of sp³-hybridized carbons (Fsp3) is 0.588. The van der Waals surface area contributed by atoms with Gasteiger partial charge in [0.05, 0.1) is 17.6 Å². The number of amides is 2. The molecule has 2 rings (SSSR count). The molecule has 0 saturated heterocycles. The van der Waals surface area contributed by atoms with Crippen molar-refractivity contribution in [3.8, 4) is 0 Å². The van der Waals surface area contributed by atoms with Crippen LogP contribution in [0.2, 0.25) is 0 Å². The van der Waals surface area contributed by atoms with Crippen molar-refractivity contribution in [2.75, 3.05) is 0 Å². The van der Waals surface area contributed by atoms with Gasteiger partial charge in [0.25, 0.3) is 0 Å². The van der Waals surface area contributed by atoms with Crippen molar-refractivity contribution < 1.29 is 25.0 Å². The third-order valence-corrected chi connectivity index (χ3v) is 5.88. The van der Waals surface area contributed by atoms with E-state index in [1.165, 1.54) is 0 Å². The number of hydroxylamine groups is 1. The Labute approximate surface area is 150 Å². The van der Waals surface area contributed by atoms with Crippen molar-refractivity contribution in [3.63, 3.8) is 0 Å². The highest BCUT2D eigenvalue weighted by Gasteiger charge is 2.45. The van der Waals surface area contributed by atoms with Crippen LogP contribution in [0.1, 0.15) is 37.0 Å². The summed E-state index contributed by atoms with van der Waals surface area (Å²) in [4.78, 5) is 24.4. The number of nitrogens with one attached hydrogen (secondary N) is 1. The molecule has 25 heavy (non-hydrogen) atoms. The average Bonchev–Trinajstić information content (AvgIpc) is 3.11. The minimum atomic E-state index is -1.38. The highest BCUT2D eigenvalue weighted by Crippen LogP contribution is 2.39. The molecule has 1 aliphatic carbocycles. The molecule has 139 valence electrons. The van der Waals surface area contributed by atoms with E-state index >= 15 is 0 Å². The highest BCUT2D eigenvalue weighted by atomic mass is 32.1. The summed E-state index contributed by atoms with van der Waals surface area (Å²) in [6.07, 6.45) is 2.55. The number of carbonyl (C=O) groups is 2. The van der Waals surface area contributed by atoms with Gasteiger partial charge in [0, 0.05) is 10.8 Å². The molecule has 0 spiro atoms. The number of thiophene rings is 1. The zero-order valence-corrected chi connectivity index (χ0v) is 14.7. The van der Waals surface area contributed by atoms with Crippen molar-refractivity contribution in [3.05, 3.63) is 28.8 Å². The first-order valence-corrected chi connectivity index (χ1v) is 9.23. The van der Waals surface area contributed by atoms with Crippen molar-refractivity contribution in [1.82, 2.24) is 5.48 Å². The Hall–Kier alpha value is -1.48. The van der Waals surface area contributed by atoms with Crippen LogP contribution in [0, 0.1) is 18.3 Å². The number of nitrogens with two attached hydrogens (primary N) is 1. The van der Waals surface area contributed by atoms with Crippen LogP contribution in [-0.4, -0.2) is 38.9 Å². The lowest BCUT2D eigenvalue weighted by Gasteiger charge is -2.40. The second kappa shape index (κ2) is 8.75. The second-order valence-corrected chi connectivity index (χ2v) is 7.66. The van der Waals surface area contributed by atoms with E-state index in [-0.39, 0.29) is 25.2 Å². The molecule has 1 heterocycles. The van der Waals surface area contributed by atoms with E-state index in [0.717, 1.165) is 4.88 Å². The first kappa shape index (κ1) is 19.8. The normalized spacial score (nSPS) is 26.0. The monoisotopic (exact) mass is 369 g/mol. The maximum atomic E-state index is 12.1. The molecule has 8 heteroatoms. The zero-order chi connectivity index (χ0) is 18.4. The quantitative estimate of drug-likeness (QED) is 0.341. The molecule has 6 N–H and O–H groups in total. The van der Waals surface area contributed by atoms with Gasteiger partial charge in [-0.3, -0.25) is 14.8 Å². The van der Waals surface area contributed by atoms with Crippen LogP contribution in [0.25, 0.3) is 0 Å². The smallest absolute Gasteiger partial charge is 0.249 e. The van der Waals surface area contributed by atoms with Crippen LogP contribution < -0.4 is 11.2 Å². The number of rotatable bonds is 8. The van der Waals surface area contributed by atoms with Gasteiger partial charge in [-0.1, -0.05) is 6.07 Å². The number of aliphatic hydroxyl groups excluding tert-OH is 1. The van der Waals surface area contributed by atoms with Crippen LogP contribution in [0.5, 0.6) is 0 Å². The van der Waals surface area contributed by atoms with E-state index in [9.17, 15) is 19.8 Å². The van der Waals surface area contributed by atoms with E-state index in [1.54, 1.807) is 23.2 Å². The molecule has 7 nitrogen and oxygen atoms in total. The molecule has 1 saturated carbocycles. The fourth-order valence-electron chi connectivity index (χ4n) is 3.42. The van der Waals surface area contributed by atoms with E-state index in [4.69, 9.17) is 10.9 Å². The molecule has 2 amide bonds. The number of hydrogen-bond acceptors (Lipinski definition) is 6. The van der Waals surface area contributed by atoms with Gasteiger partial charge >= 0.3 is 0 Å². The zero-order valence-electron chi connectivity index (χ0n) is 13.9. The van der Waals surface area contributed by atoms with Crippen LogP contribution in [0.4, 0.5) is 0 Å². The third-order valence-electron chi connectivity index (χ3n) is 4.98. The first-order chi connectivity index (χ1) is 11.9. The third kappa shape index (κ3) is 5.24. The Morgan fingerprint density at radius 3 is 2.64 bits per heavy atom. The van der Waals surface area contributed by atoms with E-state index in [0.29, 0.717) is 19.3 Å². The summed E-state index contributed by atoms with van der Waals surface area (Å²) in [6.45, 7) is 0. The van der Waals surface area contributed by atoms with Crippen LogP contribution >= 0.6 is 11.3 Å². The largest absolute Gasteiger partial charge is 0.393 e. The molecule has 1 aromatic heterocycles. The Balaban J connectivity index is 1.98. The minimum Gasteiger partial charge on any atom is -0.393 e. The lowest BCUT2D eigenvalue weighted by Crippen LogP contribution is -2.50. The molecule has 1 fully saturated rings. The number of carbonyl (C=O) groups excluding carboxylic acids is 2. The second-order valence-electron chi connectivity index (χ2n) is 6.63. The standard InChI is InChI=1S/C17H25N2O5S/c18-15(21)11-5-7-17(23,8-6-11)14(16(22)19-24)10-12(20)3-4-13-2-1-9-25-13/h1-3,9,11-12,14,20,23-24H,4-8,10H2,(H2,18,21)(H,19,22). The molecule has 2 atom stereocenters. The van der Waals surface area contributed by atoms with Gasteiger partial charge in [-0.2, -0.15) is 0 Å². The molecule has 1 aromatic rings. The van der Waals surface area contributed by atoms with Crippen LogP contribution in [0.3, 0.4) is 0 Å². The van der Waals surface area contributed by atoms with Gasteiger partial charge in [-0.25, -0.2) is 5.48 Å². The molecule has 0 aliphatic heterocycles. The highest BCUT2D eigenvalue weighted by molar-refractivity contribution is 7.09. The lowest BCUT2D eigenvalue weighted by molar-refractivity contribution is -0.150. The van der Waals surface area contributed by atoms with E-state index in [1.807, 2.05) is 17.5 Å². The van der Waals surface area contributed by atoms with E-state index < -0.39 is 29.4 Å². The SMILES string of the molecule is NC(=O)C1CCC(O)(C(CC(O)[CH]Cc2cccs2)C(=O)NO)CC1. The number of hydrogen-bond donors (Lipinski definition) is 5. The molecule has 1 radical (unpaired) electrons. The minimum absolute atomic E-state index is 0.00446. The fourth-order valence-corrected chi connectivity index (χ4v) is 4.10. The predicted molar refractivity (Wildman–Crippen MR) is 92.5 cm³/mol. The van der Waals surface area contributed by atoms with Gasteiger partial charge in [0.1, 0.15) is 0 Å². The lowest BCUT2D eigenvalue weighted by atomic mass is 9.70. The molecular weight excluding hydrogens is 344 g/mol. The van der Waals surface area contributed by atoms with Crippen molar-refractivity contribution in [2.45, 2.75) is 50.2 Å². The molecule has 0 aromatic carbocycles. The summed E-state index contributed by atoms with van der Waals surface area (Å²) < 4.78 is 0. The maximum Gasteiger partial charge on any atom is 0.249 e. The maximum absolute atomic E-state index is 12.1. The Morgan fingerprint density at radius 1 is 1.44 bits per heavy atom. The van der Waals surface area contributed by atoms with Gasteiger partial charge in [-0.05, 0) is 56.4 Å². The van der Waals surface area contributed by atoms with Crippen molar-refractivity contribution in [2.24, 2.45) is 17.6 Å². The van der Waals surface area contributed by atoms with Gasteiger partial charge in [0.2, 0.25) is 11.8 Å². The Bertz CT molecular complexity index is 570. The molecule has 0 bridgehead atoms. The molecule has 1 aliphatic rings. The van der Waals surface area contributed by atoms with E-state index in [2.05, 4.69) is 0 Å². The topological polar surface area (TPSA) is 133 Å². The Morgan fingerprint density at radius 2 is 2.12 bits per heavy atom. The number of aliphatic hydroxyl groups is 2. The summed E-state index contributed by atoms with van der Waals surface area (Å²) in [5.74, 6) is -2.42. The summed E-state index contributed by atoms with van der Waals surface area (Å²) in [5.41, 5.74) is 5.51. The number of primary amides is 1. The Kier molecular flexibility index (Phi) is 6.95. The average molecular weight is 369 g/mol. The van der Waals surface area contributed by atoms with Crippen molar-refractivity contribution in [1.29, 1.82) is 0 Å². The first-order valence-electron chi connectivity index (χ1n) is 8.35. The van der Waals surface area contributed by atoms with Crippen LogP contribution in [-0.2, 0) is 16.0 Å². The van der Waals surface area contributed by atoms with Gasteiger partial charge < -0.3 is 15.9 Å². The summed E-state index contributed by atoms with van der Waals surface area (Å²) in [5, 5.41) is 32.1. The van der Waals surface area contributed by atoms with Crippen molar-refractivity contribution >= 4 is 23.2 Å². The summed E-state index contributed by atoms with van der Waals surface area (Å²) in [6, 6.07) is 3.87. The van der Waals surface area contributed by atoms with Gasteiger partial charge in [-0.15, -0.1) is 11.3 Å². The molecular formula is C17H25N2O5S. The summed E-state index contributed by atoms with van der Waals surface area (Å²) >= 11 is 1.57. The summed E-state index contributed by atoms with van der Waals surface area (Å²) in [7, 11) is 0.